The molecule has 0 radical (unpaired) electrons. The first-order valence-electron chi connectivity index (χ1n) is 9.52. The molecule has 9 heteroatoms. The highest BCUT2D eigenvalue weighted by Crippen LogP contribution is 2.27. The van der Waals surface area contributed by atoms with Crippen molar-refractivity contribution in [1.29, 1.82) is 0 Å². The lowest BCUT2D eigenvalue weighted by molar-refractivity contribution is -0.284. The lowest BCUT2D eigenvalue weighted by Gasteiger charge is -2.40. The van der Waals surface area contributed by atoms with E-state index in [9.17, 15) is 25.2 Å². The van der Waals surface area contributed by atoms with Crippen LogP contribution in [0, 0.1) is 0 Å². The summed E-state index contributed by atoms with van der Waals surface area (Å²) < 4.78 is 10.5. The molecule has 1 fully saturated rings. The van der Waals surface area contributed by atoms with E-state index in [2.05, 4.69) is 0 Å². The first kappa shape index (κ1) is 23.9. The Balaban J connectivity index is 1.88. The number of carboxylic acid groups (broad SMARTS) is 1. The van der Waals surface area contributed by atoms with Crippen LogP contribution in [0.25, 0.3) is 0 Å². The number of hydrogen-bond acceptors (Lipinski definition) is 7. The molecule has 8 nitrogen and oxygen atoms in total. The molecule has 1 aliphatic heterocycles. The molecule has 1 aliphatic rings. The van der Waals surface area contributed by atoms with Crippen LogP contribution in [0.2, 0.25) is 0 Å². The summed E-state index contributed by atoms with van der Waals surface area (Å²) in [5.74, 6) is 1.01. The Morgan fingerprint density at radius 2 is 1.83 bits per heavy atom. The van der Waals surface area contributed by atoms with E-state index in [1.165, 1.54) is 23.8 Å². The molecule has 0 unspecified atom stereocenters. The van der Waals surface area contributed by atoms with Crippen LogP contribution < -0.4 is 0 Å². The molecular weight excluding hydrogens is 398 g/mol. The summed E-state index contributed by atoms with van der Waals surface area (Å²) >= 11 is 1.49. The lowest BCUT2D eigenvalue weighted by atomic mass is 9.98. The van der Waals surface area contributed by atoms with Gasteiger partial charge in [-0.25, -0.2) is 4.79 Å². The number of benzene rings is 1. The van der Waals surface area contributed by atoms with E-state index in [1.54, 1.807) is 0 Å². The number of carbonyl (C=O) groups is 1. The Bertz CT molecular complexity index is 643. The van der Waals surface area contributed by atoms with Gasteiger partial charge in [0.15, 0.2) is 6.29 Å². The first-order valence-corrected chi connectivity index (χ1v) is 10.7. The monoisotopic (exact) mass is 429 g/mol. The van der Waals surface area contributed by atoms with Crippen molar-refractivity contribution >= 4 is 17.9 Å². The third-order valence-electron chi connectivity index (χ3n) is 5.19. The van der Waals surface area contributed by atoms with Gasteiger partial charge in [-0.2, -0.15) is 11.8 Å². The van der Waals surface area contributed by atoms with Crippen molar-refractivity contribution in [2.45, 2.75) is 63.1 Å². The van der Waals surface area contributed by atoms with E-state index in [4.69, 9.17) is 9.47 Å². The predicted octanol–water partition coefficient (Wildman–Crippen LogP) is 1.52. The fourth-order valence-electron chi connectivity index (χ4n) is 3.21. The van der Waals surface area contributed by atoms with Crippen LogP contribution in [0.15, 0.2) is 30.3 Å². The summed E-state index contributed by atoms with van der Waals surface area (Å²) in [6.45, 7) is 4.08. The molecule has 1 saturated heterocycles. The van der Waals surface area contributed by atoms with Crippen LogP contribution >= 0.6 is 11.8 Å². The second-order valence-corrected chi connectivity index (χ2v) is 8.89. The van der Waals surface area contributed by atoms with Crippen molar-refractivity contribution in [2.75, 3.05) is 18.6 Å². The maximum absolute atomic E-state index is 11.8. The second-order valence-electron chi connectivity index (χ2n) is 7.74. The summed E-state index contributed by atoms with van der Waals surface area (Å²) in [5, 5.41) is 39.5. The molecule has 1 heterocycles. The van der Waals surface area contributed by atoms with Crippen LogP contribution in [-0.2, 0) is 16.0 Å². The van der Waals surface area contributed by atoms with Crippen LogP contribution in [-0.4, -0.2) is 86.3 Å². The number of amides is 1. The molecule has 0 spiro atoms. The molecular formula is C20H31NO7S. The molecule has 0 aromatic heterocycles. The first-order chi connectivity index (χ1) is 13.7. The Hall–Kier alpha value is -1.36. The van der Waals surface area contributed by atoms with Gasteiger partial charge in [0.1, 0.15) is 18.3 Å². The van der Waals surface area contributed by atoms with Crippen LogP contribution in [0.4, 0.5) is 4.79 Å². The number of rotatable bonds is 9. The van der Waals surface area contributed by atoms with Crippen molar-refractivity contribution < 1.29 is 34.7 Å². The number of thioether (sulfide) groups is 1. The Kier molecular flexibility index (Phi) is 8.74. The number of nitrogens with zero attached hydrogens (tertiary/aromatic N) is 1. The molecule has 5 atom stereocenters. The van der Waals surface area contributed by atoms with Gasteiger partial charge in [0.05, 0.1) is 6.10 Å². The van der Waals surface area contributed by atoms with Crippen molar-refractivity contribution in [1.82, 2.24) is 4.90 Å². The number of ether oxygens (including phenoxy) is 2. The minimum atomic E-state index is -1.34. The molecule has 1 aromatic carbocycles. The average molecular weight is 430 g/mol. The van der Waals surface area contributed by atoms with Gasteiger partial charge in [0.25, 0.3) is 0 Å². The molecule has 2 rings (SSSR count). The Labute approximate surface area is 175 Å². The number of aliphatic hydroxyl groups is 3. The zero-order chi connectivity index (χ0) is 21.6. The zero-order valence-electron chi connectivity index (χ0n) is 17.0. The highest BCUT2D eigenvalue weighted by Gasteiger charge is 2.43. The van der Waals surface area contributed by atoms with Gasteiger partial charge in [-0.05, 0) is 31.6 Å². The van der Waals surface area contributed by atoms with Gasteiger partial charge < -0.3 is 29.9 Å². The summed E-state index contributed by atoms with van der Waals surface area (Å²) in [6, 6.07) is 9.45. The largest absolute Gasteiger partial charge is 0.465 e. The molecule has 0 saturated carbocycles. The lowest BCUT2D eigenvalue weighted by Crippen LogP contribution is -2.58. The number of hydrogen-bond donors (Lipinski definition) is 4. The van der Waals surface area contributed by atoms with Crippen molar-refractivity contribution in [3.05, 3.63) is 35.9 Å². The normalized spacial score (nSPS) is 27.6. The summed E-state index contributed by atoms with van der Waals surface area (Å²) in [5.41, 5.74) is 0.332. The maximum Gasteiger partial charge on any atom is 0.408 e. The fraction of sp³-hybridized carbons (Fsp3) is 0.650. The zero-order valence-corrected chi connectivity index (χ0v) is 17.8. The van der Waals surface area contributed by atoms with Gasteiger partial charge in [0.2, 0.25) is 0 Å². The minimum Gasteiger partial charge on any atom is -0.465 e. The Morgan fingerprint density at radius 3 is 2.41 bits per heavy atom. The van der Waals surface area contributed by atoms with E-state index in [0.717, 1.165) is 5.56 Å². The van der Waals surface area contributed by atoms with E-state index < -0.39 is 42.3 Å². The molecule has 1 aromatic rings. The van der Waals surface area contributed by atoms with E-state index in [0.29, 0.717) is 24.5 Å². The average Bonchev–Trinajstić information content (AvgIpc) is 2.69. The maximum atomic E-state index is 11.8. The highest BCUT2D eigenvalue weighted by atomic mass is 32.2. The summed E-state index contributed by atoms with van der Waals surface area (Å²) in [6.07, 6.45) is -5.93. The third kappa shape index (κ3) is 6.31. The van der Waals surface area contributed by atoms with Gasteiger partial charge in [-0.15, -0.1) is 0 Å². The van der Waals surface area contributed by atoms with Crippen molar-refractivity contribution in [3.8, 4) is 0 Å². The minimum absolute atomic E-state index is 0.303. The van der Waals surface area contributed by atoms with Gasteiger partial charge in [-0.1, -0.05) is 30.3 Å². The third-order valence-corrected chi connectivity index (χ3v) is 6.24. The fourth-order valence-corrected chi connectivity index (χ4v) is 4.53. The molecule has 0 bridgehead atoms. The molecule has 4 N–H and O–H groups in total. The SMILES string of the molecule is CO[C@H]1O[C@H](CSCCC(C)(C)N(Cc2ccccc2)C(=O)O)[C@H](O)[C@H](O)[C@H]1O. The van der Waals surface area contributed by atoms with Crippen LogP contribution in [0.3, 0.4) is 0 Å². The molecule has 164 valence electrons. The second kappa shape index (κ2) is 10.6. The summed E-state index contributed by atoms with van der Waals surface area (Å²) in [4.78, 5) is 13.2. The van der Waals surface area contributed by atoms with Gasteiger partial charge in [-0.3, -0.25) is 4.90 Å². The Morgan fingerprint density at radius 1 is 1.17 bits per heavy atom. The molecule has 0 aliphatic carbocycles. The highest BCUT2D eigenvalue weighted by molar-refractivity contribution is 7.99. The predicted molar refractivity (Wildman–Crippen MR) is 110 cm³/mol. The van der Waals surface area contributed by atoms with E-state index >= 15 is 0 Å². The van der Waals surface area contributed by atoms with Crippen molar-refractivity contribution in [2.24, 2.45) is 0 Å². The van der Waals surface area contributed by atoms with E-state index in [-0.39, 0.29) is 0 Å². The van der Waals surface area contributed by atoms with Crippen LogP contribution in [0.5, 0.6) is 0 Å². The smallest absolute Gasteiger partial charge is 0.408 e. The number of aliphatic hydroxyl groups excluding tert-OH is 3. The molecule has 1 amide bonds. The van der Waals surface area contributed by atoms with Crippen LogP contribution in [0.1, 0.15) is 25.8 Å². The number of methoxy groups -OCH3 is 1. The molecule has 29 heavy (non-hydrogen) atoms. The van der Waals surface area contributed by atoms with E-state index in [1.807, 2.05) is 44.2 Å². The topological polar surface area (TPSA) is 120 Å². The van der Waals surface area contributed by atoms with Gasteiger partial charge in [0, 0.05) is 24.9 Å². The quantitative estimate of drug-likeness (QED) is 0.436. The van der Waals surface area contributed by atoms with Gasteiger partial charge >= 0.3 is 6.09 Å². The van der Waals surface area contributed by atoms with Crippen molar-refractivity contribution in [3.63, 3.8) is 0 Å². The summed E-state index contributed by atoms with van der Waals surface area (Å²) in [7, 11) is 1.36. The standard InChI is InChI=1S/C20H31NO7S/c1-20(2,21(19(25)26)11-13-7-5-4-6-8-13)9-10-29-12-14-15(22)16(23)17(24)18(27-3)28-14/h4-8,14-18,22-24H,9-12H2,1-3H3,(H,25,26)/t14-,15+,16+,17-,18+/m1/s1.